The molecule has 0 spiro atoms. The first-order valence-electron chi connectivity index (χ1n) is 11.4. The van der Waals surface area contributed by atoms with Crippen molar-refractivity contribution in [2.24, 2.45) is 0 Å². The molecule has 3 aromatic rings. The third-order valence-electron chi connectivity index (χ3n) is 5.87. The summed E-state index contributed by atoms with van der Waals surface area (Å²) in [6.07, 6.45) is 1.65. The lowest BCUT2D eigenvalue weighted by Gasteiger charge is -2.24. The van der Waals surface area contributed by atoms with E-state index < -0.39 is 32.5 Å². The number of halogens is 2. The highest BCUT2D eigenvalue weighted by atomic mass is 35.5. The van der Waals surface area contributed by atoms with Crippen molar-refractivity contribution < 1.29 is 21.6 Å². The minimum atomic E-state index is -4.16. The summed E-state index contributed by atoms with van der Waals surface area (Å²) in [5.74, 6) is -0.637. The molecule has 0 saturated carbocycles. The van der Waals surface area contributed by atoms with Crippen LogP contribution in [-0.2, 0) is 24.8 Å². The molecule has 1 fully saturated rings. The zero-order valence-electron chi connectivity index (χ0n) is 19.9. The van der Waals surface area contributed by atoms with Crippen molar-refractivity contribution >= 4 is 60.5 Å². The van der Waals surface area contributed by atoms with Crippen LogP contribution in [-0.4, -0.2) is 46.7 Å². The minimum absolute atomic E-state index is 0.00142. The number of carbonyl (C=O) groups is 1. The van der Waals surface area contributed by atoms with Gasteiger partial charge in [0.2, 0.25) is 15.9 Å². The first kappa shape index (κ1) is 27.4. The van der Waals surface area contributed by atoms with Crippen molar-refractivity contribution in [1.29, 1.82) is 0 Å². The molecular weight excluding hydrogens is 557 g/mol. The fourth-order valence-electron chi connectivity index (χ4n) is 3.95. The van der Waals surface area contributed by atoms with Gasteiger partial charge in [0.15, 0.2) is 0 Å². The number of hydrogen-bond donors (Lipinski definition) is 1. The van der Waals surface area contributed by atoms with Crippen LogP contribution in [0.3, 0.4) is 0 Å². The number of rotatable bonds is 8. The molecule has 1 N–H and O–H groups in total. The van der Waals surface area contributed by atoms with Crippen molar-refractivity contribution in [3.05, 3.63) is 82.3 Å². The normalized spacial score (nSPS) is 14.5. The Kier molecular flexibility index (Phi) is 8.15. The van der Waals surface area contributed by atoms with Crippen LogP contribution in [0.1, 0.15) is 18.4 Å². The molecular formula is C25H25Cl2N3O5S2. The highest BCUT2D eigenvalue weighted by Gasteiger charge is 2.29. The van der Waals surface area contributed by atoms with E-state index in [-0.39, 0.29) is 25.5 Å². The molecule has 0 aromatic heterocycles. The van der Waals surface area contributed by atoms with Crippen LogP contribution in [0.5, 0.6) is 0 Å². The summed E-state index contributed by atoms with van der Waals surface area (Å²) in [6, 6.07) is 16.3. The molecule has 0 atom stereocenters. The van der Waals surface area contributed by atoms with Crippen LogP contribution < -0.4 is 9.62 Å². The average molecular weight is 583 g/mol. The molecule has 0 bridgehead atoms. The average Bonchev–Trinajstić information content (AvgIpc) is 3.38. The summed E-state index contributed by atoms with van der Waals surface area (Å²) in [5, 5.41) is 3.05. The van der Waals surface area contributed by atoms with Gasteiger partial charge >= 0.3 is 0 Å². The summed E-state index contributed by atoms with van der Waals surface area (Å²) < 4.78 is 54.9. The number of aryl methyl sites for hydroxylation is 1. The van der Waals surface area contributed by atoms with E-state index in [1.807, 2.05) is 6.92 Å². The Balaban J connectivity index is 1.58. The number of nitrogens with zero attached hydrogens (tertiary/aromatic N) is 2. The lowest BCUT2D eigenvalue weighted by molar-refractivity contribution is -0.114. The standard InChI is InChI=1S/C25H25Cl2N3O5S2/c1-18-4-8-24(9-5-18)37(34,35)30(22-15-19(26)14-20(27)16-22)17-25(31)28-21-6-10-23(11-7-21)36(32,33)29-12-2-3-13-29/h4-11,14-16H,2-3,12-13,17H2,1H3,(H,28,31). The molecule has 37 heavy (non-hydrogen) atoms. The number of carbonyl (C=O) groups excluding carboxylic acids is 1. The van der Waals surface area contributed by atoms with E-state index >= 15 is 0 Å². The number of anilines is 2. The van der Waals surface area contributed by atoms with Gasteiger partial charge in [-0.1, -0.05) is 40.9 Å². The number of hydrogen-bond acceptors (Lipinski definition) is 5. The number of sulfonamides is 2. The molecule has 1 heterocycles. The molecule has 1 aliphatic heterocycles. The Hall–Kier alpha value is -2.63. The first-order valence-corrected chi connectivity index (χ1v) is 15.1. The van der Waals surface area contributed by atoms with Crippen LogP contribution in [0.2, 0.25) is 10.0 Å². The molecule has 4 rings (SSSR count). The van der Waals surface area contributed by atoms with Gasteiger partial charge < -0.3 is 5.32 Å². The molecule has 0 aliphatic carbocycles. The van der Waals surface area contributed by atoms with Crippen molar-refractivity contribution in [1.82, 2.24) is 4.31 Å². The topological polar surface area (TPSA) is 104 Å². The summed E-state index contributed by atoms with van der Waals surface area (Å²) >= 11 is 12.2. The smallest absolute Gasteiger partial charge is 0.264 e. The molecule has 0 unspecified atom stereocenters. The van der Waals surface area contributed by atoms with Crippen LogP contribution >= 0.6 is 23.2 Å². The Bertz CT molecular complexity index is 1480. The van der Waals surface area contributed by atoms with Crippen LogP contribution in [0.4, 0.5) is 11.4 Å². The third-order valence-corrected chi connectivity index (χ3v) is 10.0. The third kappa shape index (κ3) is 6.27. The van der Waals surface area contributed by atoms with Gasteiger partial charge in [-0.15, -0.1) is 0 Å². The lowest BCUT2D eigenvalue weighted by atomic mass is 10.2. The van der Waals surface area contributed by atoms with Gasteiger partial charge in [0, 0.05) is 28.8 Å². The summed E-state index contributed by atoms with van der Waals surface area (Å²) in [5.41, 5.74) is 1.33. The highest BCUT2D eigenvalue weighted by molar-refractivity contribution is 7.92. The van der Waals surface area contributed by atoms with E-state index in [9.17, 15) is 21.6 Å². The SMILES string of the molecule is Cc1ccc(S(=O)(=O)N(CC(=O)Nc2ccc(S(=O)(=O)N3CCCC3)cc2)c2cc(Cl)cc(Cl)c2)cc1. The fraction of sp³-hybridized carbons (Fsp3) is 0.240. The van der Waals surface area contributed by atoms with Gasteiger partial charge in [-0.3, -0.25) is 9.10 Å². The van der Waals surface area contributed by atoms with Gasteiger partial charge in [0.05, 0.1) is 15.5 Å². The zero-order valence-corrected chi connectivity index (χ0v) is 23.0. The predicted molar refractivity (Wildman–Crippen MR) is 145 cm³/mol. The number of amides is 1. The van der Waals surface area contributed by atoms with Gasteiger partial charge in [-0.25, -0.2) is 16.8 Å². The van der Waals surface area contributed by atoms with E-state index in [1.54, 1.807) is 12.1 Å². The van der Waals surface area contributed by atoms with Crippen LogP contribution in [0.15, 0.2) is 76.5 Å². The first-order chi connectivity index (χ1) is 17.5. The molecule has 0 radical (unpaired) electrons. The lowest BCUT2D eigenvalue weighted by Crippen LogP contribution is -2.38. The Morgan fingerprint density at radius 2 is 1.41 bits per heavy atom. The quantitative estimate of drug-likeness (QED) is 0.406. The van der Waals surface area contributed by atoms with E-state index in [2.05, 4.69) is 5.32 Å². The zero-order chi connectivity index (χ0) is 26.8. The van der Waals surface area contributed by atoms with E-state index in [4.69, 9.17) is 23.2 Å². The second-order valence-corrected chi connectivity index (χ2v) is 13.3. The van der Waals surface area contributed by atoms with E-state index in [1.165, 1.54) is 58.9 Å². The molecule has 196 valence electrons. The van der Waals surface area contributed by atoms with Crippen molar-refractivity contribution in [2.45, 2.75) is 29.6 Å². The van der Waals surface area contributed by atoms with Crippen LogP contribution in [0, 0.1) is 6.92 Å². The number of benzene rings is 3. The minimum Gasteiger partial charge on any atom is -0.325 e. The van der Waals surface area contributed by atoms with Crippen molar-refractivity contribution in [2.75, 3.05) is 29.3 Å². The van der Waals surface area contributed by atoms with E-state index in [0.29, 0.717) is 18.8 Å². The molecule has 12 heteroatoms. The van der Waals surface area contributed by atoms with Gasteiger partial charge in [0.1, 0.15) is 6.54 Å². The maximum atomic E-state index is 13.5. The summed E-state index contributed by atoms with van der Waals surface area (Å²) in [4.78, 5) is 13.1. The molecule has 3 aromatic carbocycles. The maximum Gasteiger partial charge on any atom is 0.264 e. The Labute approximate surface area is 226 Å². The predicted octanol–water partition coefficient (Wildman–Crippen LogP) is 4.92. The molecule has 1 amide bonds. The number of nitrogens with one attached hydrogen (secondary N) is 1. The largest absolute Gasteiger partial charge is 0.325 e. The summed E-state index contributed by atoms with van der Waals surface area (Å²) in [6.45, 7) is 2.24. The van der Waals surface area contributed by atoms with E-state index in [0.717, 1.165) is 22.7 Å². The summed E-state index contributed by atoms with van der Waals surface area (Å²) in [7, 11) is -7.75. The van der Waals surface area contributed by atoms with Gasteiger partial charge in [0.25, 0.3) is 10.0 Å². The second kappa shape index (κ2) is 11.0. The maximum absolute atomic E-state index is 13.5. The van der Waals surface area contributed by atoms with Gasteiger partial charge in [-0.2, -0.15) is 4.31 Å². The van der Waals surface area contributed by atoms with Crippen molar-refractivity contribution in [3.63, 3.8) is 0 Å². The second-order valence-electron chi connectivity index (χ2n) is 8.64. The fourth-order valence-corrected chi connectivity index (χ4v) is 7.39. The monoisotopic (exact) mass is 581 g/mol. The highest BCUT2D eigenvalue weighted by Crippen LogP contribution is 2.30. The molecule has 1 aliphatic rings. The van der Waals surface area contributed by atoms with Crippen molar-refractivity contribution in [3.8, 4) is 0 Å². The molecule has 1 saturated heterocycles. The Morgan fingerprint density at radius 3 is 1.97 bits per heavy atom. The molecule has 8 nitrogen and oxygen atoms in total. The van der Waals surface area contributed by atoms with Gasteiger partial charge in [-0.05, 0) is 74.4 Å². The Morgan fingerprint density at radius 1 is 0.865 bits per heavy atom. The van der Waals surface area contributed by atoms with Crippen LogP contribution in [0.25, 0.3) is 0 Å².